The molecule has 0 radical (unpaired) electrons. The lowest BCUT2D eigenvalue weighted by Crippen LogP contribution is -2.56. The van der Waals surface area contributed by atoms with Crippen molar-refractivity contribution in [3.63, 3.8) is 0 Å². The summed E-state index contributed by atoms with van der Waals surface area (Å²) >= 11 is 0. The van der Waals surface area contributed by atoms with Crippen molar-refractivity contribution >= 4 is 47.6 Å². The minimum Gasteiger partial charge on any atom is -0.464 e. The number of ketones is 1. The lowest BCUT2D eigenvalue weighted by atomic mass is 9.67. The first-order valence-electron chi connectivity index (χ1n) is 16.3. The number of carbonyl (C=O) groups excluding carboxylic acids is 8. The molecule has 0 fully saturated rings. The van der Waals surface area contributed by atoms with E-state index >= 15 is 8.78 Å². The van der Waals surface area contributed by atoms with Crippen LogP contribution in [0.15, 0.2) is 75.9 Å². The van der Waals surface area contributed by atoms with Crippen molar-refractivity contribution in [3.8, 4) is 0 Å². The van der Waals surface area contributed by atoms with Crippen molar-refractivity contribution < 1.29 is 80.3 Å². The van der Waals surface area contributed by atoms with Crippen LogP contribution >= 0.6 is 0 Å². The van der Waals surface area contributed by atoms with Crippen molar-refractivity contribution in [2.45, 2.75) is 46.5 Å². The zero-order valence-corrected chi connectivity index (χ0v) is 31.5. The number of ether oxygens (including phenoxy) is 7. The number of halogens is 2. The monoisotopic (exact) mass is 782 g/mol. The predicted molar refractivity (Wildman–Crippen MR) is 190 cm³/mol. The summed E-state index contributed by atoms with van der Waals surface area (Å²) in [4.78, 5) is 98.7. The first-order valence-corrected chi connectivity index (χ1v) is 16.3. The fraction of sp³-hybridized carbons (Fsp3) is 0.474. The molecule has 0 aliphatic heterocycles. The molecule has 55 heavy (non-hydrogen) atoms. The topological polar surface area (TPSA) is 201 Å². The van der Waals surface area contributed by atoms with Gasteiger partial charge in [-0.3, -0.25) is 9.59 Å². The van der Waals surface area contributed by atoms with E-state index in [1.807, 2.05) is 0 Å². The third-order valence-electron chi connectivity index (χ3n) is 8.29. The maximum Gasteiger partial charge on any atom is 0.330 e. The summed E-state index contributed by atoms with van der Waals surface area (Å²) in [7, 11) is 0. The van der Waals surface area contributed by atoms with Gasteiger partial charge in [0.1, 0.15) is 62.9 Å². The molecule has 0 bridgehead atoms. The molecule has 17 heteroatoms. The van der Waals surface area contributed by atoms with Crippen molar-refractivity contribution in [1.82, 2.24) is 0 Å². The van der Waals surface area contributed by atoms with Gasteiger partial charge in [-0.05, 0) is 34.1 Å². The SMILES string of the molecule is C=CC(=O)OCC(CCC(=O)C(C)(C)C(F)(F)C(C)(C)C(=O)OCC(COC(=O)C=C)(COC(=O)C=C)COC(=O)C=C)(COC(=O)C=C)COC(=O)C=C. The third-order valence-corrected chi connectivity index (χ3v) is 8.29. The Morgan fingerprint density at radius 1 is 0.436 bits per heavy atom. The quantitative estimate of drug-likeness (QED) is 0.0659. The molecule has 0 aliphatic carbocycles. The van der Waals surface area contributed by atoms with Gasteiger partial charge in [-0.1, -0.05) is 39.5 Å². The highest BCUT2D eigenvalue weighted by Crippen LogP contribution is 2.51. The number of carbonyl (C=O) groups is 8. The molecule has 0 saturated heterocycles. The summed E-state index contributed by atoms with van der Waals surface area (Å²) in [5.74, 6) is -12.6. The van der Waals surface area contributed by atoms with E-state index in [1.165, 1.54) is 0 Å². The highest BCUT2D eigenvalue weighted by atomic mass is 19.3. The van der Waals surface area contributed by atoms with Gasteiger partial charge in [0.25, 0.3) is 5.92 Å². The van der Waals surface area contributed by atoms with Gasteiger partial charge in [-0.2, -0.15) is 0 Å². The van der Waals surface area contributed by atoms with Crippen molar-refractivity contribution in [2.24, 2.45) is 21.7 Å². The van der Waals surface area contributed by atoms with E-state index in [4.69, 9.17) is 33.2 Å². The van der Waals surface area contributed by atoms with Crippen molar-refractivity contribution in [3.05, 3.63) is 75.9 Å². The molecule has 0 spiro atoms. The van der Waals surface area contributed by atoms with Gasteiger partial charge in [0.2, 0.25) is 0 Å². The van der Waals surface area contributed by atoms with Gasteiger partial charge in [0.05, 0.1) is 10.8 Å². The summed E-state index contributed by atoms with van der Waals surface area (Å²) < 4.78 is 68.8. The van der Waals surface area contributed by atoms with E-state index in [2.05, 4.69) is 39.5 Å². The van der Waals surface area contributed by atoms with Crippen LogP contribution in [0.3, 0.4) is 0 Å². The number of esters is 7. The normalized spacial score (nSPS) is 11.7. The Kier molecular flexibility index (Phi) is 19.6. The fourth-order valence-corrected chi connectivity index (χ4v) is 4.47. The second kappa shape index (κ2) is 21.8. The fourth-order valence-electron chi connectivity index (χ4n) is 4.47. The smallest absolute Gasteiger partial charge is 0.330 e. The lowest BCUT2D eigenvalue weighted by Gasteiger charge is -2.42. The number of alkyl halides is 2. The standard InChI is InChI=1S/C38H48F2O15/c1-11-27(42)49-19-36(20-50-28(43)12-2,21-51-29(44)13-3)18-17-26(41)34(7,8)38(39,40)35(9,10)33(48)55-25-37(22-52-30(45)14-4,23-53-31(46)15-5)24-54-32(47)16-6/h11-16H,1-6,17-25H2,7-10H3. The number of rotatable bonds is 27. The Balaban J connectivity index is 6.62. The Morgan fingerprint density at radius 2 is 0.691 bits per heavy atom. The van der Waals surface area contributed by atoms with E-state index in [0.29, 0.717) is 0 Å². The van der Waals surface area contributed by atoms with Gasteiger partial charge in [-0.25, -0.2) is 37.5 Å². The van der Waals surface area contributed by atoms with Crippen molar-refractivity contribution in [2.75, 3.05) is 46.2 Å². The summed E-state index contributed by atoms with van der Waals surface area (Å²) in [5, 5.41) is 0. The zero-order chi connectivity index (χ0) is 42.7. The molecule has 0 heterocycles. The molecule has 0 aromatic rings. The van der Waals surface area contributed by atoms with Crippen LogP contribution < -0.4 is 0 Å². The maximum atomic E-state index is 16.5. The first kappa shape index (κ1) is 49.3. The van der Waals surface area contributed by atoms with Gasteiger partial charge in [0.15, 0.2) is 0 Å². The first-order chi connectivity index (χ1) is 25.5. The molecule has 15 nitrogen and oxygen atoms in total. The van der Waals surface area contributed by atoms with Crippen LogP contribution in [0.2, 0.25) is 0 Å². The van der Waals surface area contributed by atoms with Crippen LogP contribution in [-0.4, -0.2) is 99.7 Å². The van der Waals surface area contributed by atoms with E-state index in [1.54, 1.807) is 0 Å². The van der Waals surface area contributed by atoms with E-state index < -0.39 is 134 Å². The second-order valence-electron chi connectivity index (χ2n) is 13.2. The van der Waals surface area contributed by atoms with Crippen LogP contribution in [0.5, 0.6) is 0 Å². The Labute approximate surface area is 318 Å². The maximum absolute atomic E-state index is 16.5. The van der Waals surface area contributed by atoms with Crippen LogP contribution in [0, 0.1) is 21.7 Å². The lowest BCUT2D eigenvalue weighted by molar-refractivity contribution is -0.212. The highest BCUT2D eigenvalue weighted by molar-refractivity contribution is 5.88. The zero-order valence-electron chi connectivity index (χ0n) is 31.5. The van der Waals surface area contributed by atoms with Crippen LogP contribution in [0.1, 0.15) is 40.5 Å². The third kappa shape index (κ3) is 14.5. The summed E-state index contributed by atoms with van der Waals surface area (Å²) in [6.45, 7) is 18.0. The molecule has 0 aromatic heterocycles. The molecule has 0 N–H and O–H groups in total. The predicted octanol–water partition coefficient (Wildman–Crippen LogP) is 3.91. The summed E-state index contributed by atoms with van der Waals surface area (Å²) in [5.41, 5.74) is -8.90. The van der Waals surface area contributed by atoms with Gasteiger partial charge >= 0.3 is 41.8 Å². The van der Waals surface area contributed by atoms with E-state index in [-0.39, 0.29) is 0 Å². The van der Waals surface area contributed by atoms with Gasteiger partial charge in [0, 0.05) is 42.9 Å². The Bertz CT molecular complexity index is 1290. The van der Waals surface area contributed by atoms with Crippen LogP contribution in [0.25, 0.3) is 0 Å². The molecular weight excluding hydrogens is 734 g/mol. The second-order valence-corrected chi connectivity index (χ2v) is 13.2. The average Bonchev–Trinajstić information content (AvgIpc) is 3.17. The summed E-state index contributed by atoms with van der Waals surface area (Å²) in [6.07, 6.45) is 3.62. The van der Waals surface area contributed by atoms with Crippen molar-refractivity contribution in [1.29, 1.82) is 0 Å². The minimum absolute atomic E-state index is 0.450. The number of Topliss-reactive ketones (excluding diaryl/α,β-unsaturated/α-hetero) is 1. The molecule has 0 amide bonds. The molecule has 0 atom stereocenters. The molecule has 0 unspecified atom stereocenters. The van der Waals surface area contributed by atoms with E-state index in [9.17, 15) is 38.4 Å². The molecule has 0 aliphatic rings. The highest BCUT2D eigenvalue weighted by Gasteiger charge is 2.64. The average molecular weight is 783 g/mol. The van der Waals surface area contributed by atoms with Gasteiger partial charge in [-0.15, -0.1) is 0 Å². The van der Waals surface area contributed by atoms with Gasteiger partial charge < -0.3 is 33.2 Å². The molecule has 0 aromatic carbocycles. The minimum atomic E-state index is -4.20. The molecular formula is C38H48F2O15. The largest absolute Gasteiger partial charge is 0.464 e. The molecule has 304 valence electrons. The van der Waals surface area contributed by atoms with E-state index in [0.717, 1.165) is 64.2 Å². The molecule has 0 saturated carbocycles. The number of hydrogen-bond donors (Lipinski definition) is 0. The number of hydrogen-bond acceptors (Lipinski definition) is 15. The summed E-state index contributed by atoms with van der Waals surface area (Å²) in [6, 6.07) is 0. The van der Waals surface area contributed by atoms with Crippen LogP contribution in [-0.2, 0) is 71.5 Å². The van der Waals surface area contributed by atoms with Crippen LogP contribution in [0.4, 0.5) is 8.78 Å². The molecule has 0 rings (SSSR count). The Hall–Kier alpha value is -5.74. The Morgan fingerprint density at radius 3 is 0.964 bits per heavy atom.